The van der Waals surface area contributed by atoms with Crippen LogP contribution in [-0.2, 0) is 6.42 Å². The van der Waals surface area contributed by atoms with Crippen molar-refractivity contribution in [3.63, 3.8) is 0 Å². The van der Waals surface area contributed by atoms with Crippen molar-refractivity contribution in [2.24, 2.45) is 23.2 Å². The van der Waals surface area contributed by atoms with Gasteiger partial charge in [-0.25, -0.2) is 4.98 Å². The normalized spacial score (nSPS) is 31.4. The first-order valence-corrected chi connectivity index (χ1v) is 9.57. The third-order valence-corrected chi connectivity index (χ3v) is 6.82. The van der Waals surface area contributed by atoms with Crippen molar-refractivity contribution in [3.8, 4) is 0 Å². The highest BCUT2D eigenvalue weighted by molar-refractivity contribution is 7.09. The van der Waals surface area contributed by atoms with Gasteiger partial charge in [0.15, 0.2) is 0 Å². The standard InChI is InChI=1S/C18H30N2S/c1-13(2)10-19-11-18(9-15-4-5-16(18)8-15)7-6-17-14(3)20-12-21-17/h12-13,15-16,19H,4-11H2,1-3H3. The van der Waals surface area contributed by atoms with E-state index in [4.69, 9.17) is 0 Å². The molecule has 3 heteroatoms. The molecule has 2 nitrogen and oxygen atoms in total. The molecule has 2 aliphatic carbocycles. The number of fused-ring (bicyclic) bond motifs is 2. The molecule has 1 N–H and O–H groups in total. The molecule has 0 amide bonds. The van der Waals surface area contributed by atoms with Gasteiger partial charge in [0, 0.05) is 11.4 Å². The van der Waals surface area contributed by atoms with Crippen LogP contribution in [0.5, 0.6) is 0 Å². The predicted molar refractivity (Wildman–Crippen MR) is 90.8 cm³/mol. The number of hydrogen-bond acceptors (Lipinski definition) is 3. The van der Waals surface area contributed by atoms with E-state index < -0.39 is 0 Å². The molecule has 2 saturated carbocycles. The zero-order valence-corrected chi connectivity index (χ0v) is 14.6. The monoisotopic (exact) mass is 306 g/mol. The first-order valence-electron chi connectivity index (χ1n) is 8.69. The van der Waals surface area contributed by atoms with Crippen molar-refractivity contribution in [2.45, 2.75) is 59.3 Å². The van der Waals surface area contributed by atoms with Gasteiger partial charge in [-0.15, -0.1) is 11.3 Å². The fourth-order valence-corrected chi connectivity index (χ4v) is 5.49. The third-order valence-electron chi connectivity index (χ3n) is 5.83. The molecule has 1 heterocycles. The Kier molecular flexibility index (Phi) is 4.70. The first-order chi connectivity index (χ1) is 10.1. The van der Waals surface area contributed by atoms with Gasteiger partial charge < -0.3 is 5.32 Å². The predicted octanol–water partition coefficient (Wildman–Crippen LogP) is 4.44. The van der Waals surface area contributed by atoms with E-state index in [2.05, 4.69) is 31.1 Å². The number of thiazole rings is 1. The lowest BCUT2D eigenvalue weighted by Gasteiger charge is -2.38. The van der Waals surface area contributed by atoms with Crippen LogP contribution in [0.25, 0.3) is 0 Å². The van der Waals surface area contributed by atoms with E-state index in [1.807, 2.05) is 16.8 Å². The van der Waals surface area contributed by atoms with E-state index in [1.165, 1.54) is 62.2 Å². The molecule has 2 aliphatic rings. The van der Waals surface area contributed by atoms with Gasteiger partial charge in [-0.05, 0) is 68.7 Å². The largest absolute Gasteiger partial charge is 0.316 e. The lowest BCUT2D eigenvalue weighted by molar-refractivity contribution is 0.142. The summed E-state index contributed by atoms with van der Waals surface area (Å²) in [5.41, 5.74) is 3.84. The smallest absolute Gasteiger partial charge is 0.0797 e. The van der Waals surface area contributed by atoms with E-state index in [0.717, 1.165) is 17.8 Å². The van der Waals surface area contributed by atoms with Crippen LogP contribution in [-0.4, -0.2) is 18.1 Å². The fourth-order valence-electron chi connectivity index (χ4n) is 4.71. The van der Waals surface area contributed by atoms with Crippen LogP contribution in [0.4, 0.5) is 0 Å². The Balaban J connectivity index is 1.64. The van der Waals surface area contributed by atoms with E-state index >= 15 is 0 Å². The van der Waals surface area contributed by atoms with Crippen molar-refractivity contribution in [1.82, 2.24) is 10.3 Å². The van der Waals surface area contributed by atoms with Crippen molar-refractivity contribution >= 4 is 11.3 Å². The maximum atomic E-state index is 4.42. The van der Waals surface area contributed by atoms with E-state index in [-0.39, 0.29) is 0 Å². The van der Waals surface area contributed by atoms with E-state index in [9.17, 15) is 0 Å². The lowest BCUT2D eigenvalue weighted by atomic mass is 9.70. The summed E-state index contributed by atoms with van der Waals surface area (Å²) in [6.07, 6.45) is 8.56. The van der Waals surface area contributed by atoms with Crippen LogP contribution in [0.15, 0.2) is 5.51 Å². The third kappa shape index (κ3) is 3.34. The first kappa shape index (κ1) is 15.5. The van der Waals surface area contributed by atoms with Gasteiger partial charge in [0.1, 0.15) is 0 Å². The van der Waals surface area contributed by atoms with Crippen molar-refractivity contribution < 1.29 is 0 Å². The van der Waals surface area contributed by atoms with Gasteiger partial charge in [-0.3, -0.25) is 0 Å². The Morgan fingerprint density at radius 1 is 1.43 bits per heavy atom. The molecule has 2 bridgehead atoms. The summed E-state index contributed by atoms with van der Waals surface area (Å²) in [5, 5.41) is 3.78. The van der Waals surface area contributed by atoms with Crippen LogP contribution in [0.3, 0.4) is 0 Å². The van der Waals surface area contributed by atoms with Gasteiger partial charge in [0.25, 0.3) is 0 Å². The Morgan fingerprint density at radius 2 is 2.29 bits per heavy atom. The van der Waals surface area contributed by atoms with Crippen LogP contribution in [0, 0.1) is 30.1 Å². The van der Waals surface area contributed by atoms with Crippen molar-refractivity contribution in [3.05, 3.63) is 16.1 Å². The molecule has 3 unspecified atom stereocenters. The number of nitrogens with zero attached hydrogens (tertiary/aromatic N) is 1. The Hall–Kier alpha value is -0.410. The summed E-state index contributed by atoms with van der Waals surface area (Å²) in [4.78, 5) is 5.94. The lowest BCUT2D eigenvalue weighted by Crippen LogP contribution is -2.40. The van der Waals surface area contributed by atoms with Crippen molar-refractivity contribution in [1.29, 1.82) is 0 Å². The molecule has 3 atom stereocenters. The summed E-state index contributed by atoms with van der Waals surface area (Å²) in [6, 6.07) is 0. The number of aryl methyl sites for hydroxylation is 2. The van der Waals surface area contributed by atoms with Gasteiger partial charge in [0.2, 0.25) is 0 Å². The number of rotatable bonds is 7. The summed E-state index contributed by atoms with van der Waals surface area (Å²) < 4.78 is 0. The maximum Gasteiger partial charge on any atom is 0.0797 e. The molecular weight excluding hydrogens is 276 g/mol. The molecule has 0 radical (unpaired) electrons. The highest BCUT2D eigenvalue weighted by Crippen LogP contribution is 2.57. The highest BCUT2D eigenvalue weighted by atomic mass is 32.1. The van der Waals surface area contributed by atoms with Gasteiger partial charge in [-0.1, -0.05) is 20.3 Å². The average molecular weight is 307 g/mol. The number of aromatic nitrogens is 1. The second-order valence-corrected chi connectivity index (χ2v) is 8.77. The minimum absolute atomic E-state index is 0.578. The molecule has 3 rings (SSSR count). The van der Waals surface area contributed by atoms with Gasteiger partial charge >= 0.3 is 0 Å². The van der Waals surface area contributed by atoms with Crippen LogP contribution in [0.1, 0.15) is 56.5 Å². The Labute approximate surface area is 133 Å². The quantitative estimate of drug-likeness (QED) is 0.806. The second-order valence-electron chi connectivity index (χ2n) is 7.83. The van der Waals surface area contributed by atoms with E-state index in [1.54, 1.807) is 0 Å². The van der Waals surface area contributed by atoms with Crippen LogP contribution >= 0.6 is 11.3 Å². The summed E-state index contributed by atoms with van der Waals surface area (Å²) in [5.74, 6) is 2.76. The zero-order valence-electron chi connectivity index (χ0n) is 13.8. The molecule has 0 aliphatic heterocycles. The average Bonchev–Trinajstić information content (AvgIpc) is 3.12. The molecule has 1 aromatic rings. The minimum Gasteiger partial charge on any atom is -0.316 e. The molecule has 0 spiro atoms. The second kappa shape index (κ2) is 6.37. The molecular formula is C18H30N2S. The fraction of sp³-hybridized carbons (Fsp3) is 0.833. The molecule has 2 fully saturated rings. The number of nitrogens with one attached hydrogen (secondary N) is 1. The Bertz CT molecular complexity index is 468. The molecule has 0 saturated heterocycles. The zero-order chi connectivity index (χ0) is 14.9. The summed E-state index contributed by atoms with van der Waals surface area (Å²) in [6.45, 7) is 9.18. The summed E-state index contributed by atoms with van der Waals surface area (Å²) >= 11 is 1.85. The minimum atomic E-state index is 0.578. The molecule has 0 aromatic carbocycles. The Morgan fingerprint density at radius 3 is 2.86 bits per heavy atom. The van der Waals surface area contributed by atoms with E-state index in [0.29, 0.717) is 5.41 Å². The van der Waals surface area contributed by atoms with Crippen LogP contribution < -0.4 is 5.32 Å². The van der Waals surface area contributed by atoms with Gasteiger partial charge in [0.05, 0.1) is 11.2 Å². The number of hydrogen-bond donors (Lipinski definition) is 1. The SMILES string of the molecule is Cc1ncsc1CCC1(CNCC(C)C)CC2CCC1C2. The van der Waals surface area contributed by atoms with Gasteiger partial charge in [-0.2, -0.15) is 0 Å². The molecule has 118 valence electrons. The molecule has 1 aromatic heterocycles. The highest BCUT2D eigenvalue weighted by Gasteiger charge is 2.49. The topological polar surface area (TPSA) is 24.9 Å². The summed E-state index contributed by atoms with van der Waals surface area (Å²) in [7, 11) is 0. The van der Waals surface area contributed by atoms with Crippen molar-refractivity contribution in [2.75, 3.05) is 13.1 Å². The maximum absolute atomic E-state index is 4.42. The van der Waals surface area contributed by atoms with Crippen LogP contribution in [0.2, 0.25) is 0 Å². The molecule has 21 heavy (non-hydrogen) atoms.